The Morgan fingerprint density at radius 3 is 2.32 bits per heavy atom. The maximum atomic E-state index is 13.4. The number of aryl methyl sites for hydroxylation is 2. The second-order valence-electron chi connectivity index (χ2n) is 9.17. The zero-order valence-corrected chi connectivity index (χ0v) is 22.5. The van der Waals surface area contributed by atoms with Gasteiger partial charge < -0.3 is 10.2 Å². The molecule has 1 atom stereocenters. The fourth-order valence-electron chi connectivity index (χ4n) is 4.61. The zero-order chi connectivity index (χ0) is 24.7. The van der Waals surface area contributed by atoms with E-state index >= 15 is 0 Å². The predicted molar refractivity (Wildman–Crippen MR) is 144 cm³/mol. The topological polar surface area (TPSA) is 49.4 Å². The number of halogens is 2. The zero-order valence-electron chi connectivity index (χ0n) is 20.2. The summed E-state index contributed by atoms with van der Waals surface area (Å²) in [5.74, 6) is 0.942. The van der Waals surface area contributed by atoms with Crippen LogP contribution < -0.4 is 5.32 Å². The number of nitrogens with one attached hydrogen (secondary N) is 1. The molecular weight excluding hydrogens is 487 g/mol. The van der Waals surface area contributed by atoms with E-state index in [1.807, 2.05) is 13.0 Å². The van der Waals surface area contributed by atoms with Crippen LogP contribution in [0.4, 0.5) is 0 Å². The van der Waals surface area contributed by atoms with Gasteiger partial charge in [0, 0.05) is 18.3 Å². The van der Waals surface area contributed by atoms with E-state index in [1.165, 1.54) is 16.7 Å². The Morgan fingerprint density at radius 2 is 1.71 bits per heavy atom. The number of amides is 2. The van der Waals surface area contributed by atoms with Gasteiger partial charge in [0.05, 0.1) is 15.8 Å². The monoisotopic (exact) mass is 520 g/mol. The quantitative estimate of drug-likeness (QED) is 0.378. The first-order chi connectivity index (χ1) is 16.3. The van der Waals surface area contributed by atoms with Gasteiger partial charge in [0.2, 0.25) is 11.8 Å². The molecule has 2 aromatic rings. The second-order valence-corrected chi connectivity index (χ2v) is 11.0. The summed E-state index contributed by atoms with van der Waals surface area (Å²) in [4.78, 5) is 28.3. The van der Waals surface area contributed by atoms with E-state index < -0.39 is 6.04 Å². The third-order valence-corrected chi connectivity index (χ3v) is 7.93. The Hall–Kier alpha value is -1.69. The molecule has 0 aliphatic heterocycles. The number of nitrogens with zero attached hydrogens (tertiary/aromatic N) is 1. The summed E-state index contributed by atoms with van der Waals surface area (Å²) in [6.45, 7) is 6.44. The van der Waals surface area contributed by atoms with Crippen molar-refractivity contribution in [1.82, 2.24) is 10.2 Å². The molecule has 0 unspecified atom stereocenters. The van der Waals surface area contributed by atoms with E-state index in [-0.39, 0.29) is 17.9 Å². The van der Waals surface area contributed by atoms with Gasteiger partial charge >= 0.3 is 0 Å². The van der Waals surface area contributed by atoms with Gasteiger partial charge in [-0.15, -0.1) is 11.8 Å². The minimum absolute atomic E-state index is 0.0473. The third kappa shape index (κ3) is 7.66. The largest absolute Gasteiger partial charge is 0.352 e. The lowest BCUT2D eigenvalue weighted by Crippen LogP contribution is -2.51. The average Bonchev–Trinajstić information content (AvgIpc) is 3.28. The van der Waals surface area contributed by atoms with Gasteiger partial charge in [0.1, 0.15) is 6.04 Å². The van der Waals surface area contributed by atoms with Crippen molar-refractivity contribution < 1.29 is 9.59 Å². The molecule has 2 aromatic carbocycles. The molecular formula is C27H34Cl2N2O2S. The summed E-state index contributed by atoms with van der Waals surface area (Å²) in [5.41, 5.74) is 4.50. The summed E-state index contributed by atoms with van der Waals surface area (Å²) < 4.78 is 0. The number of carbonyl (C=O) groups excluding carboxylic acids is 2. The molecule has 0 spiro atoms. The minimum Gasteiger partial charge on any atom is -0.352 e. The van der Waals surface area contributed by atoms with E-state index in [2.05, 4.69) is 37.4 Å². The number of carbonyl (C=O) groups is 2. The average molecular weight is 522 g/mol. The van der Waals surface area contributed by atoms with Crippen molar-refractivity contribution >= 4 is 46.8 Å². The maximum absolute atomic E-state index is 13.4. The Labute approximate surface area is 217 Å². The van der Waals surface area contributed by atoms with Gasteiger partial charge in [-0.1, -0.05) is 78.4 Å². The van der Waals surface area contributed by atoms with Gasteiger partial charge in [-0.05, 0) is 56.4 Å². The summed E-state index contributed by atoms with van der Waals surface area (Å²) >= 11 is 13.9. The second kappa shape index (κ2) is 12.9. The summed E-state index contributed by atoms with van der Waals surface area (Å²) in [6, 6.07) is 11.5. The van der Waals surface area contributed by atoms with Crippen LogP contribution in [0.5, 0.6) is 0 Å². The normalized spacial score (nSPS) is 14.7. The fourth-order valence-corrected chi connectivity index (χ4v) is 5.78. The van der Waals surface area contributed by atoms with Crippen molar-refractivity contribution in [2.24, 2.45) is 0 Å². The molecule has 7 heteroatoms. The SMILES string of the molecule is CC[C@H](C(=O)NC1CCCC1)N(Cc1ccc(Cl)c(Cl)c1)C(=O)CSCc1cc(C)cc(C)c1. The van der Waals surface area contributed by atoms with E-state index in [0.717, 1.165) is 37.0 Å². The highest BCUT2D eigenvalue weighted by Crippen LogP contribution is 2.25. The van der Waals surface area contributed by atoms with Gasteiger partial charge in [-0.25, -0.2) is 0 Å². The van der Waals surface area contributed by atoms with Crippen molar-refractivity contribution in [2.45, 2.75) is 77.3 Å². The molecule has 2 amide bonds. The summed E-state index contributed by atoms with van der Waals surface area (Å²) in [5, 5.41) is 4.09. The van der Waals surface area contributed by atoms with E-state index in [9.17, 15) is 9.59 Å². The molecule has 184 valence electrons. The van der Waals surface area contributed by atoms with Crippen LogP contribution in [0.2, 0.25) is 10.0 Å². The first kappa shape index (κ1) is 26.9. The predicted octanol–water partition coefficient (Wildman–Crippen LogP) is 6.71. The molecule has 0 radical (unpaired) electrons. The van der Waals surface area contributed by atoms with Crippen LogP contribution in [0.25, 0.3) is 0 Å². The number of thioether (sulfide) groups is 1. The van der Waals surface area contributed by atoms with Crippen LogP contribution in [-0.4, -0.2) is 34.6 Å². The first-order valence-corrected chi connectivity index (χ1v) is 13.9. The van der Waals surface area contributed by atoms with Crippen LogP contribution >= 0.6 is 35.0 Å². The molecule has 0 saturated heterocycles. The molecule has 1 aliphatic carbocycles. The Balaban J connectivity index is 1.73. The highest BCUT2D eigenvalue weighted by molar-refractivity contribution is 7.99. The molecule has 0 heterocycles. The Bertz CT molecular complexity index is 988. The van der Waals surface area contributed by atoms with Gasteiger partial charge in [-0.2, -0.15) is 0 Å². The highest BCUT2D eigenvalue weighted by Gasteiger charge is 2.30. The molecule has 1 saturated carbocycles. The van der Waals surface area contributed by atoms with Crippen molar-refractivity contribution in [3.05, 3.63) is 68.7 Å². The standard InChI is InChI=1S/C27H34Cl2N2O2S/c1-4-25(27(33)30-22-7-5-6-8-22)31(15-20-9-10-23(28)24(29)14-20)26(32)17-34-16-21-12-18(2)11-19(3)13-21/h9-14,22,25H,4-8,15-17H2,1-3H3,(H,30,33)/t25-/m1/s1. The molecule has 34 heavy (non-hydrogen) atoms. The van der Waals surface area contributed by atoms with E-state index in [0.29, 0.717) is 28.8 Å². The fraction of sp³-hybridized carbons (Fsp3) is 0.481. The summed E-state index contributed by atoms with van der Waals surface area (Å²) in [6.07, 6.45) is 4.85. The number of rotatable bonds is 10. The van der Waals surface area contributed by atoms with Crippen molar-refractivity contribution in [3.63, 3.8) is 0 Å². The van der Waals surface area contributed by atoms with Crippen molar-refractivity contribution in [1.29, 1.82) is 0 Å². The first-order valence-electron chi connectivity index (χ1n) is 12.0. The number of benzene rings is 2. The third-order valence-electron chi connectivity index (χ3n) is 6.20. The molecule has 1 N–H and O–H groups in total. The minimum atomic E-state index is -0.524. The Morgan fingerprint density at radius 1 is 1.03 bits per heavy atom. The van der Waals surface area contributed by atoms with Crippen LogP contribution in [0.3, 0.4) is 0 Å². The molecule has 0 aromatic heterocycles. The van der Waals surface area contributed by atoms with Crippen LogP contribution in [0.15, 0.2) is 36.4 Å². The van der Waals surface area contributed by atoms with Gasteiger partial charge in [0.25, 0.3) is 0 Å². The highest BCUT2D eigenvalue weighted by atomic mass is 35.5. The van der Waals surface area contributed by atoms with Crippen LogP contribution in [-0.2, 0) is 21.9 Å². The molecule has 4 nitrogen and oxygen atoms in total. The van der Waals surface area contributed by atoms with E-state index in [1.54, 1.807) is 28.8 Å². The van der Waals surface area contributed by atoms with Gasteiger partial charge in [0.15, 0.2) is 0 Å². The molecule has 3 rings (SSSR count). The Kier molecular flexibility index (Phi) is 10.2. The molecule has 1 fully saturated rings. The number of hydrogen-bond acceptors (Lipinski definition) is 3. The smallest absolute Gasteiger partial charge is 0.243 e. The van der Waals surface area contributed by atoms with Crippen LogP contribution in [0, 0.1) is 13.8 Å². The van der Waals surface area contributed by atoms with Gasteiger partial charge in [-0.3, -0.25) is 9.59 Å². The van der Waals surface area contributed by atoms with E-state index in [4.69, 9.17) is 23.2 Å². The molecule has 0 bridgehead atoms. The lowest BCUT2D eigenvalue weighted by atomic mass is 10.1. The lowest BCUT2D eigenvalue weighted by Gasteiger charge is -2.31. The van der Waals surface area contributed by atoms with Crippen molar-refractivity contribution in [2.75, 3.05) is 5.75 Å². The lowest BCUT2D eigenvalue weighted by molar-refractivity contribution is -0.139. The summed E-state index contributed by atoms with van der Waals surface area (Å²) in [7, 11) is 0. The maximum Gasteiger partial charge on any atom is 0.243 e. The molecule has 1 aliphatic rings. The number of hydrogen-bond donors (Lipinski definition) is 1. The van der Waals surface area contributed by atoms with Crippen LogP contribution in [0.1, 0.15) is 61.3 Å². The van der Waals surface area contributed by atoms with Crippen molar-refractivity contribution in [3.8, 4) is 0 Å².